The highest BCUT2D eigenvalue weighted by atomic mass is 16.7. The lowest BCUT2D eigenvalue weighted by atomic mass is 10.0. The van der Waals surface area contributed by atoms with Gasteiger partial charge in [-0.15, -0.1) is 0 Å². The second-order valence-electron chi connectivity index (χ2n) is 4.20. The molecule has 1 aromatic rings. The van der Waals surface area contributed by atoms with E-state index in [-0.39, 0.29) is 19.1 Å². The number of nitro groups is 2. The maximum Gasteiger partial charge on any atom is 0.512 e. The summed E-state index contributed by atoms with van der Waals surface area (Å²) in [4.78, 5) is 29.8. The minimum atomic E-state index is -2.70. The highest BCUT2D eigenvalue weighted by molar-refractivity contribution is 5.59. The minimum Gasteiger partial charge on any atom is -0.287 e. The Labute approximate surface area is 109 Å². The third-order valence-electron chi connectivity index (χ3n) is 2.92. The number of rotatable bonds is 8. The first kappa shape index (κ1) is 14.7. The fourth-order valence-electron chi connectivity index (χ4n) is 1.75. The van der Waals surface area contributed by atoms with Crippen molar-refractivity contribution in [2.24, 2.45) is 0 Å². The second kappa shape index (κ2) is 6.58. The quantitative estimate of drug-likeness (QED) is 0.235. The lowest BCUT2D eigenvalue weighted by Gasteiger charge is -2.10. The summed E-state index contributed by atoms with van der Waals surface area (Å²) in [6.07, 6.45) is 0.904. The van der Waals surface area contributed by atoms with Crippen molar-refractivity contribution in [1.82, 2.24) is 0 Å². The van der Waals surface area contributed by atoms with E-state index < -0.39 is 15.5 Å². The molecule has 0 spiro atoms. The van der Waals surface area contributed by atoms with E-state index in [4.69, 9.17) is 0 Å². The summed E-state index contributed by atoms with van der Waals surface area (Å²) < 4.78 is 0. The molecule has 0 aliphatic carbocycles. The number of nitrogens with zero attached hydrogens (tertiary/aromatic N) is 2. The van der Waals surface area contributed by atoms with Gasteiger partial charge in [0.15, 0.2) is 0 Å². The molecule has 0 heterocycles. The van der Waals surface area contributed by atoms with E-state index in [1.807, 2.05) is 30.3 Å². The van der Waals surface area contributed by atoms with Crippen LogP contribution in [0.1, 0.15) is 24.8 Å². The first-order valence-corrected chi connectivity index (χ1v) is 5.82. The van der Waals surface area contributed by atoms with Crippen molar-refractivity contribution in [2.45, 2.75) is 31.3 Å². The Morgan fingerprint density at radius 1 is 1.05 bits per heavy atom. The van der Waals surface area contributed by atoms with E-state index in [0.717, 1.165) is 5.56 Å². The molecule has 0 aliphatic heterocycles. The fraction of sp³-hybridized carbons (Fsp3) is 0.417. The van der Waals surface area contributed by atoms with Crippen LogP contribution in [-0.2, 0) is 11.2 Å². The fourth-order valence-corrected chi connectivity index (χ4v) is 1.75. The van der Waals surface area contributed by atoms with Gasteiger partial charge in [0.05, 0.1) is 6.42 Å². The van der Waals surface area contributed by atoms with Crippen molar-refractivity contribution in [3.8, 4) is 0 Å². The molecule has 0 aromatic heterocycles. The van der Waals surface area contributed by atoms with Crippen LogP contribution in [0, 0.1) is 20.2 Å². The van der Waals surface area contributed by atoms with Gasteiger partial charge in [-0.3, -0.25) is 25.0 Å². The van der Waals surface area contributed by atoms with Gasteiger partial charge >= 0.3 is 5.66 Å². The zero-order valence-corrected chi connectivity index (χ0v) is 10.2. The van der Waals surface area contributed by atoms with E-state index in [1.165, 1.54) is 0 Å². The van der Waals surface area contributed by atoms with Crippen LogP contribution in [0.25, 0.3) is 0 Å². The number of carbonyl (C=O) groups is 1. The topological polar surface area (TPSA) is 103 Å². The van der Waals surface area contributed by atoms with Crippen LogP contribution in [0.3, 0.4) is 0 Å². The number of aldehydes is 1. The molecule has 0 aliphatic rings. The van der Waals surface area contributed by atoms with Crippen LogP contribution in [0.15, 0.2) is 30.3 Å². The van der Waals surface area contributed by atoms with E-state index >= 15 is 0 Å². The second-order valence-corrected chi connectivity index (χ2v) is 4.20. The normalized spacial score (nSPS) is 10.9. The monoisotopic (exact) mass is 266 g/mol. The lowest BCUT2D eigenvalue weighted by molar-refractivity contribution is -0.774. The van der Waals surface area contributed by atoms with Gasteiger partial charge in [0.2, 0.25) is 0 Å². The average molecular weight is 266 g/mol. The Balaban J connectivity index is 2.52. The van der Waals surface area contributed by atoms with Crippen molar-refractivity contribution in [2.75, 3.05) is 0 Å². The summed E-state index contributed by atoms with van der Waals surface area (Å²) in [5.41, 5.74) is -1.64. The SMILES string of the molecule is O=CC(CCCCc1ccccc1)([N+](=O)[O-])[N+](=O)[O-]. The van der Waals surface area contributed by atoms with Crippen molar-refractivity contribution in [3.05, 3.63) is 56.1 Å². The molecular formula is C12H14N2O5. The molecule has 0 N–H and O–H groups in total. The molecule has 0 radical (unpaired) electrons. The zero-order chi connectivity index (χ0) is 14.3. The van der Waals surface area contributed by atoms with Crippen molar-refractivity contribution < 1.29 is 14.6 Å². The van der Waals surface area contributed by atoms with Crippen molar-refractivity contribution in [3.63, 3.8) is 0 Å². The number of carbonyl (C=O) groups excluding carboxylic acids is 1. The summed E-state index contributed by atoms with van der Waals surface area (Å²) in [6, 6.07) is 9.44. The van der Waals surface area contributed by atoms with Crippen molar-refractivity contribution in [1.29, 1.82) is 0 Å². The van der Waals surface area contributed by atoms with Crippen LogP contribution >= 0.6 is 0 Å². The molecule has 0 fully saturated rings. The molecule has 7 nitrogen and oxygen atoms in total. The van der Waals surface area contributed by atoms with Gasteiger partial charge in [0.1, 0.15) is 9.85 Å². The molecule has 0 saturated heterocycles. The molecule has 0 bridgehead atoms. The van der Waals surface area contributed by atoms with Gasteiger partial charge in [-0.05, 0) is 24.8 Å². The Morgan fingerprint density at radius 3 is 2.11 bits per heavy atom. The average Bonchev–Trinajstić information content (AvgIpc) is 2.39. The van der Waals surface area contributed by atoms with E-state index in [1.54, 1.807) is 0 Å². The smallest absolute Gasteiger partial charge is 0.287 e. The predicted octanol–water partition coefficient (Wildman–Crippen LogP) is 1.85. The lowest BCUT2D eigenvalue weighted by Crippen LogP contribution is -2.47. The highest BCUT2D eigenvalue weighted by Crippen LogP contribution is 2.18. The van der Waals surface area contributed by atoms with Crippen LogP contribution in [0.2, 0.25) is 0 Å². The molecule has 0 amide bonds. The van der Waals surface area contributed by atoms with E-state index in [9.17, 15) is 25.0 Å². The number of hydrogen-bond donors (Lipinski definition) is 0. The van der Waals surface area contributed by atoms with Gasteiger partial charge < -0.3 is 0 Å². The highest BCUT2D eigenvalue weighted by Gasteiger charge is 2.55. The predicted molar refractivity (Wildman–Crippen MR) is 66.8 cm³/mol. The minimum absolute atomic E-state index is 0.185. The summed E-state index contributed by atoms with van der Waals surface area (Å²) in [5, 5.41) is 21.4. The number of aryl methyl sites for hydroxylation is 1. The Hall–Kier alpha value is -2.31. The van der Waals surface area contributed by atoms with Gasteiger partial charge in [-0.2, -0.15) is 0 Å². The van der Waals surface area contributed by atoms with Gasteiger partial charge in [0, 0.05) is 0 Å². The molecule has 1 aromatic carbocycles. The maximum absolute atomic E-state index is 10.7. The van der Waals surface area contributed by atoms with Crippen molar-refractivity contribution >= 4 is 6.29 Å². The molecular weight excluding hydrogens is 252 g/mol. The number of hydrogen-bond acceptors (Lipinski definition) is 5. The van der Waals surface area contributed by atoms with Crippen LogP contribution < -0.4 is 0 Å². The van der Waals surface area contributed by atoms with E-state index in [0.29, 0.717) is 12.8 Å². The molecule has 102 valence electrons. The third-order valence-corrected chi connectivity index (χ3v) is 2.92. The Bertz CT molecular complexity index is 446. The van der Waals surface area contributed by atoms with E-state index in [2.05, 4.69) is 0 Å². The third kappa shape index (κ3) is 3.57. The first-order valence-electron chi connectivity index (χ1n) is 5.82. The van der Waals surface area contributed by atoms with Gasteiger partial charge in [-0.25, -0.2) is 0 Å². The van der Waals surface area contributed by atoms with Crippen LogP contribution in [0.4, 0.5) is 0 Å². The maximum atomic E-state index is 10.7. The van der Waals surface area contributed by atoms with Gasteiger partial charge in [-0.1, -0.05) is 30.3 Å². The van der Waals surface area contributed by atoms with Crippen LogP contribution in [-0.4, -0.2) is 21.8 Å². The Morgan fingerprint density at radius 2 is 1.63 bits per heavy atom. The molecule has 0 atom stereocenters. The number of benzene rings is 1. The molecule has 0 saturated carbocycles. The first-order chi connectivity index (χ1) is 9.03. The molecule has 7 heteroatoms. The summed E-state index contributed by atoms with van der Waals surface area (Å²) >= 11 is 0. The summed E-state index contributed by atoms with van der Waals surface area (Å²) in [5.74, 6) is 0. The standard InChI is InChI=1S/C12H14N2O5/c15-10-12(13(16)17,14(18)19)9-5-4-8-11-6-2-1-3-7-11/h1-3,6-7,10H,4-5,8-9H2. The molecule has 0 unspecified atom stereocenters. The summed E-state index contributed by atoms with van der Waals surface area (Å²) in [7, 11) is 0. The number of unbranched alkanes of at least 4 members (excludes halogenated alkanes) is 1. The molecule has 19 heavy (non-hydrogen) atoms. The Kier molecular flexibility index (Phi) is 5.11. The van der Waals surface area contributed by atoms with Crippen LogP contribution in [0.5, 0.6) is 0 Å². The largest absolute Gasteiger partial charge is 0.512 e. The summed E-state index contributed by atoms with van der Waals surface area (Å²) in [6.45, 7) is 0. The van der Waals surface area contributed by atoms with Gasteiger partial charge in [0.25, 0.3) is 6.29 Å². The zero-order valence-electron chi connectivity index (χ0n) is 10.2. The molecule has 1 rings (SSSR count).